The molecule has 0 heterocycles. The zero-order valence-corrected chi connectivity index (χ0v) is 7.51. The molecule has 0 saturated heterocycles. The van der Waals surface area contributed by atoms with E-state index in [2.05, 4.69) is 0 Å². The van der Waals surface area contributed by atoms with Gasteiger partial charge in [0.05, 0.1) is 12.6 Å². The molecular weight excluding hydrogens is 183 g/mol. The first-order chi connectivity index (χ1) is 5.88. The van der Waals surface area contributed by atoms with E-state index in [1.807, 2.05) is 0 Å². The SMILES string of the molecule is CN(CC(F)(F)F)C1CCC(O)C1. The zero-order chi connectivity index (χ0) is 10.1. The second-order valence-corrected chi connectivity index (χ2v) is 3.65. The van der Waals surface area contributed by atoms with Crippen LogP contribution in [0, 0.1) is 0 Å². The van der Waals surface area contributed by atoms with Gasteiger partial charge < -0.3 is 5.11 Å². The fourth-order valence-corrected chi connectivity index (χ4v) is 1.75. The van der Waals surface area contributed by atoms with Gasteiger partial charge >= 0.3 is 6.18 Å². The summed E-state index contributed by atoms with van der Waals surface area (Å²) in [6.45, 7) is -0.885. The van der Waals surface area contributed by atoms with Gasteiger partial charge in [-0.15, -0.1) is 0 Å². The van der Waals surface area contributed by atoms with Crippen molar-refractivity contribution in [2.24, 2.45) is 0 Å². The van der Waals surface area contributed by atoms with Crippen molar-refractivity contribution in [1.29, 1.82) is 0 Å². The molecule has 0 bridgehead atoms. The number of hydrogen-bond donors (Lipinski definition) is 1. The lowest BCUT2D eigenvalue weighted by Crippen LogP contribution is -2.37. The molecule has 2 nitrogen and oxygen atoms in total. The Balaban J connectivity index is 2.36. The molecule has 2 unspecified atom stereocenters. The van der Waals surface area contributed by atoms with E-state index < -0.39 is 18.8 Å². The van der Waals surface area contributed by atoms with Crippen LogP contribution in [0.1, 0.15) is 19.3 Å². The lowest BCUT2D eigenvalue weighted by Gasteiger charge is -2.24. The van der Waals surface area contributed by atoms with Gasteiger partial charge in [-0.05, 0) is 26.3 Å². The molecule has 0 aromatic heterocycles. The maximum Gasteiger partial charge on any atom is 0.401 e. The van der Waals surface area contributed by atoms with E-state index in [1.165, 1.54) is 11.9 Å². The van der Waals surface area contributed by atoms with Crippen LogP contribution in [-0.4, -0.2) is 41.9 Å². The third-order valence-corrected chi connectivity index (χ3v) is 2.43. The van der Waals surface area contributed by atoms with Crippen molar-refractivity contribution in [3.05, 3.63) is 0 Å². The van der Waals surface area contributed by atoms with Crippen LogP contribution in [0.15, 0.2) is 0 Å². The molecule has 1 rings (SSSR count). The summed E-state index contributed by atoms with van der Waals surface area (Å²) in [6.07, 6.45) is -2.81. The molecule has 0 amide bonds. The number of hydrogen-bond acceptors (Lipinski definition) is 2. The van der Waals surface area contributed by atoms with Gasteiger partial charge in [0.25, 0.3) is 0 Å². The summed E-state index contributed by atoms with van der Waals surface area (Å²) in [5.74, 6) is 0. The van der Waals surface area contributed by atoms with Crippen molar-refractivity contribution in [3.8, 4) is 0 Å². The molecule has 78 valence electrons. The minimum absolute atomic E-state index is 0.114. The Morgan fingerprint density at radius 3 is 2.38 bits per heavy atom. The van der Waals surface area contributed by atoms with Crippen LogP contribution in [-0.2, 0) is 0 Å². The quantitative estimate of drug-likeness (QED) is 0.723. The van der Waals surface area contributed by atoms with Gasteiger partial charge in [-0.25, -0.2) is 0 Å². The Kier molecular flexibility index (Phi) is 3.18. The molecule has 1 fully saturated rings. The van der Waals surface area contributed by atoms with Gasteiger partial charge in [0.1, 0.15) is 0 Å². The lowest BCUT2D eigenvalue weighted by molar-refractivity contribution is -0.147. The molecule has 1 aliphatic rings. The number of nitrogens with zero attached hydrogens (tertiary/aromatic N) is 1. The zero-order valence-electron chi connectivity index (χ0n) is 7.51. The van der Waals surface area contributed by atoms with E-state index in [0.29, 0.717) is 19.3 Å². The fraction of sp³-hybridized carbons (Fsp3) is 1.00. The van der Waals surface area contributed by atoms with E-state index in [4.69, 9.17) is 5.11 Å². The minimum Gasteiger partial charge on any atom is -0.393 e. The summed E-state index contributed by atoms with van der Waals surface area (Å²) in [5, 5.41) is 9.14. The van der Waals surface area contributed by atoms with Gasteiger partial charge in [-0.2, -0.15) is 13.2 Å². The number of aliphatic hydroxyl groups is 1. The van der Waals surface area contributed by atoms with Gasteiger partial charge in [-0.1, -0.05) is 0 Å². The average molecular weight is 197 g/mol. The second-order valence-electron chi connectivity index (χ2n) is 3.65. The second kappa shape index (κ2) is 3.84. The maximum atomic E-state index is 12.0. The van der Waals surface area contributed by atoms with E-state index in [0.717, 1.165) is 0 Å². The first kappa shape index (κ1) is 10.8. The van der Waals surface area contributed by atoms with E-state index in [1.54, 1.807) is 0 Å². The number of alkyl halides is 3. The molecule has 2 atom stereocenters. The lowest BCUT2D eigenvalue weighted by atomic mass is 10.2. The monoisotopic (exact) mass is 197 g/mol. The van der Waals surface area contributed by atoms with Crippen molar-refractivity contribution in [2.75, 3.05) is 13.6 Å². The summed E-state index contributed by atoms with van der Waals surface area (Å²) in [7, 11) is 1.45. The van der Waals surface area contributed by atoms with Crippen LogP contribution in [0.5, 0.6) is 0 Å². The highest BCUT2D eigenvalue weighted by Gasteiger charge is 2.34. The van der Waals surface area contributed by atoms with Crippen LogP contribution >= 0.6 is 0 Å². The number of aliphatic hydroxyl groups excluding tert-OH is 1. The third-order valence-electron chi connectivity index (χ3n) is 2.43. The Labute approximate surface area is 75.3 Å². The Morgan fingerprint density at radius 2 is 2.00 bits per heavy atom. The maximum absolute atomic E-state index is 12.0. The minimum atomic E-state index is -4.14. The van der Waals surface area contributed by atoms with Crippen LogP contribution < -0.4 is 0 Å². The number of halogens is 3. The largest absolute Gasteiger partial charge is 0.401 e. The molecule has 0 aromatic carbocycles. The van der Waals surface area contributed by atoms with Crippen molar-refractivity contribution in [2.45, 2.75) is 37.6 Å². The summed E-state index contributed by atoms with van der Waals surface area (Å²) < 4.78 is 35.9. The standard InChI is InChI=1S/C8H14F3NO/c1-12(5-8(9,10)11)6-2-3-7(13)4-6/h6-7,13H,2-5H2,1H3. The highest BCUT2D eigenvalue weighted by atomic mass is 19.4. The van der Waals surface area contributed by atoms with Gasteiger partial charge in [-0.3, -0.25) is 4.90 Å². The van der Waals surface area contributed by atoms with Crippen molar-refractivity contribution < 1.29 is 18.3 Å². The molecule has 1 saturated carbocycles. The normalized spacial score (nSPS) is 30.0. The van der Waals surface area contributed by atoms with Crippen molar-refractivity contribution >= 4 is 0 Å². The van der Waals surface area contributed by atoms with Crippen LogP contribution in [0.2, 0.25) is 0 Å². The molecule has 13 heavy (non-hydrogen) atoms. The molecule has 5 heteroatoms. The van der Waals surface area contributed by atoms with Crippen molar-refractivity contribution in [1.82, 2.24) is 4.90 Å². The summed E-state index contributed by atoms with van der Waals surface area (Å²) in [4.78, 5) is 1.27. The third kappa shape index (κ3) is 3.52. The average Bonchev–Trinajstić information content (AvgIpc) is 2.31. The number of rotatable bonds is 2. The topological polar surface area (TPSA) is 23.5 Å². The van der Waals surface area contributed by atoms with Gasteiger partial charge in [0.2, 0.25) is 0 Å². The molecule has 0 aliphatic heterocycles. The molecular formula is C8H14F3NO. The van der Waals surface area contributed by atoms with Crippen molar-refractivity contribution in [3.63, 3.8) is 0 Å². The Morgan fingerprint density at radius 1 is 1.38 bits per heavy atom. The highest BCUT2D eigenvalue weighted by molar-refractivity contribution is 4.81. The van der Waals surface area contributed by atoms with Crippen LogP contribution in [0.4, 0.5) is 13.2 Å². The first-order valence-electron chi connectivity index (χ1n) is 4.33. The molecule has 1 N–H and O–H groups in total. The molecule has 1 aliphatic carbocycles. The van der Waals surface area contributed by atoms with E-state index >= 15 is 0 Å². The van der Waals surface area contributed by atoms with Gasteiger partial charge in [0.15, 0.2) is 0 Å². The molecule has 0 spiro atoms. The van der Waals surface area contributed by atoms with Crippen LogP contribution in [0.25, 0.3) is 0 Å². The Hall–Kier alpha value is -0.290. The van der Waals surface area contributed by atoms with Crippen LogP contribution in [0.3, 0.4) is 0 Å². The first-order valence-corrected chi connectivity index (χ1v) is 4.33. The summed E-state index contributed by atoms with van der Waals surface area (Å²) in [6, 6.07) is -0.114. The molecule has 0 radical (unpaired) electrons. The smallest absolute Gasteiger partial charge is 0.393 e. The predicted molar refractivity (Wildman–Crippen MR) is 42.3 cm³/mol. The molecule has 0 aromatic rings. The summed E-state index contributed by atoms with van der Waals surface area (Å²) in [5.41, 5.74) is 0. The van der Waals surface area contributed by atoms with Gasteiger partial charge in [0, 0.05) is 6.04 Å². The predicted octanol–water partition coefficient (Wildman–Crippen LogP) is 1.39. The fourth-order valence-electron chi connectivity index (χ4n) is 1.75. The van der Waals surface area contributed by atoms with E-state index in [-0.39, 0.29) is 6.04 Å². The summed E-state index contributed by atoms with van der Waals surface area (Å²) >= 11 is 0. The van der Waals surface area contributed by atoms with E-state index in [9.17, 15) is 13.2 Å². The Bertz CT molecular complexity index is 171. The highest BCUT2D eigenvalue weighted by Crippen LogP contribution is 2.25.